The molecule has 2 aromatic heterocycles. The monoisotopic (exact) mass is 701 g/mol. The lowest BCUT2D eigenvalue weighted by atomic mass is 10.0. The zero-order valence-electron chi connectivity index (χ0n) is 30.0. The van der Waals surface area contributed by atoms with Crippen LogP contribution in [0.15, 0.2) is 212 Å². The highest BCUT2D eigenvalue weighted by Crippen LogP contribution is 2.43. The topological polar surface area (TPSA) is 13.1 Å². The van der Waals surface area contributed by atoms with Crippen molar-refractivity contribution >= 4 is 71.4 Å². The zero-order chi connectivity index (χ0) is 36.3. The first kappa shape index (κ1) is 31.2. The summed E-state index contributed by atoms with van der Waals surface area (Å²) in [6.07, 6.45) is 0. The van der Waals surface area contributed by atoms with Crippen molar-refractivity contribution in [2.75, 3.05) is 4.90 Å². The Morgan fingerprint density at radius 2 is 0.855 bits per heavy atom. The van der Waals surface area contributed by atoms with Crippen LogP contribution in [0.3, 0.4) is 0 Å². The van der Waals surface area contributed by atoms with E-state index >= 15 is 0 Å². The van der Waals surface area contributed by atoms with Gasteiger partial charge >= 0.3 is 0 Å². The largest absolute Gasteiger partial charge is 0.311 e. The molecular weight excluding hydrogens is 667 g/mol. The van der Waals surface area contributed by atoms with Crippen molar-refractivity contribution in [1.82, 2.24) is 9.13 Å². The molecule has 3 nitrogen and oxygen atoms in total. The van der Waals surface area contributed by atoms with Gasteiger partial charge < -0.3 is 14.0 Å². The molecule has 0 aliphatic carbocycles. The van der Waals surface area contributed by atoms with Crippen molar-refractivity contribution in [2.45, 2.75) is 0 Å². The summed E-state index contributed by atoms with van der Waals surface area (Å²) in [5.41, 5.74) is 12.8. The van der Waals surface area contributed by atoms with Crippen LogP contribution < -0.4 is 4.90 Å². The van der Waals surface area contributed by atoms with Gasteiger partial charge in [0.25, 0.3) is 0 Å². The van der Waals surface area contributed by atoms with Crippen molar-refractivity contribution in [1.29, 1.82) is 0 Å². The van der Waals surface area contributed by atoms with Gasteiger partial charge in [-0.25, -0.2) is 0 Å². The summed E-state index contributed by atoms with van der Waals surface area (Å²) < 4.78 is 4.90. The Balaban J connectivity index is 1.10. The Labute approximate surface area is 319 Å². The molecule has 0 N–H and O–H groups in total. The average Bonchev–Trinajstić information content (AvgIpc) is 3.78. The lowest BCUT2D eigenvalue weighted by Crippen LogP contribution is -2.10. The summed E-state index contributed by atoms with van der Waals surface area (Å²) in [7, 11) is 0. The highest BCUT2D eigenvalue weighted by Gasteiger charge is 2.21. The summed E-state index contributed by atoms with van der Waals surface area (Å²) in [6, 6.07) is 76.8. The fourth-order valence-electron chi connectivity index (χ4n) is 8.58. The van der Waals surface area contributed by atoms with Crippen LogP contribution >= 0.6 is 0 Å². The van der Waals surface area contributed by atoms with Crippen LogP contribution in [-0.4, -0.2) is 9.13 Å². The molecule has 0 amide bonds. The molecule has 0 atom stereocenters. The van der Waals surface area contributed by atoms with Crippen molar-refractivity contribution in [3.05, 3.63) is 212 Å². The van der Waals surface area contributed by atoms with E-state index in [1.165, 1.54) is 65.5 Å². The molecule has 0 saturated carbocycles. The molecule has 9 aromatic carbocycles. The molecule has 0 saturated heterocycles. The van der Waals surface area contributed by atoms with E-state index < -0.39 is 0 Å². The van der Waals surface area contributed by atoms with Gasteiger partial charge in [-0.15, -0.1) is 0 Å². The van der Waals surface area contributed by atoms with E-state index in [1.807, 2.05) is 0 Å². The van der Waals surface area contributed by atoms with E-state index in [0.29, 0.717) is 0 Å². The van der Waals surface area contributed by atoms with Gasteiger partial charge in [0.2, 0.25) is 0 Å². The summed E-state index contributed by atoms with van der Waals surface area (Å²) in [5.74, 6) is 0. The van der Waals surface area contributed by atoms with E-state index in [2.05, 4.69) is 226 Å². The number of hydrogen-bond donors (Lipinski definition) is 0. The normalized spacial score (nSPS) is 11.6. The van der Waals surface area contributed by atoms with Crippen LogP contribution in [-0.2, 0) is 0 Å². The molecular formula is C52H35N3. The number of aromatic nitrogens is 2. The van der Waals surface area contributed by atoms with Crippen LogP contribution in [0.4, 0.5) is 17.1 Å². The maximum Gasteiger partial charge on any atom is 0.0641 e. The van der Waals surface area contributed by atoms with E-state index in [4.69, 9.17) is 0 Å². The molecule has 258 valence electrons. The second kappa shape index (κ2) is 12.6. The van der Waals surface area contributed by atoms with Gasteiger partial charge in [-0.05, 0) is 101 Å². The minimum atomic E-state index is 1.10. The third-order valence-electron chi connectivity index (χ3n) is 11.1. The first-order chi connectivity index (χ1) is 27.3. The quantitative estimate of drug-likeness (QED) is 0.168. The van der Waals surface area contributed by atoms with Crippen LogP contribution in [0.25, 0.3) is 76.9 Å². The summed E-state index contributed by atoms with van der Waals surface area (Å²) in [5, 5.41) is 7.47. The molecule has 11 rings (SSSR count). The molecule has 0 aliphatic rings. The van der Waals surface area contributed by atoms with Gasteiger partial charge in [0.15, 0.2) is 0 Å². The smallest absolute Gasteiger partial charge is 0.0641 e. The fraction of sp³-hybridized carbons (Fsp3) is 0. The van der Waals surface area contributed by atoms with Crippen LogP contribution in [0.5, 0.6) is 0 Å². The number of nitrogens with zero attached hydrogens (tertiary/aromatic N) is 3. The second-order valence-corrected chi connectivity index (χ2v) is 14.2. The van der Waals surface area contributed by atoms with Crippen LogP contribution in [0.1, 0.15) is 0 Å². The molecule has 3 heteroatoms. The lowest BCUT2D eigenvalue weighted by molar-refractivity contribution is 1.17. The van der Waals surface area contributed by atoms with Gasteiger partial charge in [0.1, 0.15) is 0 Å². The van der Waals surface area contributed by atoms with E-state index in [1.54, 1.807) is 0 Å². The maximum absolute atomic E-state index is 2.47. The summed E-state index contributed by atoms with van der Waals surface area (Å²) in [6.45, 7) is 0. The van der Waals surface area contributed by atoms with E-state index in [9.17, 15) is 0 Å². The Hall–Kier alpha value is -7.36. The third kappa shape index (κ3) is 5.05. The molecule has 0 aliphatic heterocycles. The minimum Gasteiger partial charge on any atom is -0.311 e. The fourth-order valence-corrected chi connectivity index (χ4v) is 8.58. The van der Waals surface area contributed by atoms with Gasteiger partial charge in [-0.1, -0.05) is 133 Å². The van der Waals surface area contributed by atoms with Gasteiger partial charge in [-0.3, -0.25) is 0 Å². The summed E-state index contributed by atoms with van der Waals surface area (Å²) >= 11 is 0. The summed E-state index contributed by atoms with van der Waals surface area (Å²) in [4.78, 5) is 2.33. The lowest BCUT2D eigenvalue weighted by Gasteiger charge is -2.26. The number of benzene rings is 9. The number of anilines is 3. The van der Waals surface area contributed by atoms with Gasteiger partial charge in [0.05, 0.1) is 22.1 Å². The highest BCUT2D eigenvalue weighted by molar-refractivity contribution is 6.26. The molecule has 55 heavy (non-hydrogen) atoms. The van der Waals surface area contributed by atoms with Crippen LogP contribution in [0.2, 0.25) is 0 Å². The minimum absolute atomic E-state index is 1.10. The van der Waals surface area contributed by atoms with Crippen molar-refractivity contribution in [3.63, 3.8) is 0 Å². The zero-order valence-corrected chi connectivity index (χ0v) is 30.0. The molecule has 11 aromatic rings. The Bertz CT molecular complexity index is 3170. The standard InChI is InChI=1S/C52H35N3/c1-3-13-36(14-4-1)38-23-26-41(27-24-38)53(40-17-5-2-6-18-40)42-29-31-43(32-30-42)55-48-21-11-9-19-45(48)46-33-34-50-51(52(46)55)47-20-10-12-22-49(47)54(50)44-28-25-37-15-7-8-16-39(37)35-44/h1-35H. The Kier molecular flexibility index (Phi) is 7.17. The highest BCUT2D eigenvalue weighted by atomic mass is 15.1. The average molecular weight is 702 g/mol. The van der Waals surface area contributed by atoms with E-state index in [-0.39, 0.29) is 0 Å². The molecule has 0 unspecified atom stereocenters. The number of fused-ring (bicyclic) bond motifs is 8. The molecule has 0 spiro atoms. The van der Waals surface area contributed by atoms with Crippen molar-refractivity contribution < 1.29 is 0 Å². The maximum atomic E-state index is 2.47. The number of para-hydroxylation sites is 3. The molecule has 0 bridgehead atoms. The van der Waals surface area contributed by atoms with Crippen molar-refractivity contribution in [2.24, 2.45) is 0 Å². The Morgan fingerprint density at radius 1 is 0.309 bits per heavy atom. The Morgan fingerprint density at radius 3 is 1.60 bits per heavy atom. The molecule has 2 heterocycles. The van der Waals surface area contributed by atoms with Crippen molar-refractivity contribution in [3.8, 4) is 22.5 Å². The first-order valence-electron chi connectivity index (χ1n) is 18.9. The third-order valence-corrected chi connectivity index (χ3v) is 11.1. The predicted molar refractivity (Wildman–Crippen MR) is 233 cm³/mol. The van der Waals surface area contributed by atoms with E-state index in [0.717, 1.165) is 28.4 Å². The second-order valence-electron chi connectivity index (χ2n) is 14.2. The van der Waals surface area contributed by atoms with Gasteiger partial charge in [0, 0.05) is 50.0 Å². The van der Waals surface area contributed by atoms with Crippen LogP contribution in [0, 0.1) is 0 Å². The first-order valence-corrected chi connectivity index (χ1v) is 18.9. The van der Waals surface area contributed by atoms with Gasteiger partial charge in [-0.2, -0.15) is 0 Å². The number of rotatable bonds is 6. The molecule has 0 fully saturated rings. The molecule has 0 radical (unpaired) electrons. The number of hydrogen-bond acceptors (Lipinski definition) is 1. The SMILES string of the molecule is c1ccc(-c2ccc(N(c3ccccc3)c3ccc(-n4c5ccccc5c5ccc6c(c7ccccc7n6-c6ccc7ccccc7c6)c54)cc3)cc2)cc1. The predicted octanol–water partition coefficient (Wildman–Crippen LogP) is 14.2.